The van der Waals surface area contributed by atoms with Crippen molar-refractivity contribution in [1.82, 2.24) is 4.90 Å². The number of anilines is 1. The van der Waals surface area contributed by atoms with Crippen molar-refractivity contribution in [3.05, 3.63) is 17.7 Å². The number of amides is 2. The maximum absolute atomic E-state index is 12.8. The van der Waals surface area contributed by atoms with Crippen LogP contribution >= 0.6 is 12.4 Å². The molecular weight excluding hydrogens is 358 g/mol. The number of ether oxygens (including phenoxy) is 2. The highest BCUT2D eigenvalue weighted by atomic mass is 35.5. The Morgan fingerprint density at radius 2 is 1.77 bits per heavy atom. The highest BCUT2D eigenvalue weighted by molar-refractivity contribution is 6.04. The number of hydrogen-bond donors (Lipinski definition) is 2. The number of methoxy groups -OCH3 is 2. The third-order valence-corrected chi connectivity index (χ3v) is 4.25. The Labute approximate surface area is 160 Å². The maximum atomic E-state index is 12.8. The molecule has 26 heavy (non-hydrogen) atoms. The molecule has 2 rings (SSSR count). The molecule has 0 aliphatic carbocycles. The van der Waals surface area contributed by atoms with E-state index in [4.69, 9.17) is 15.2 Å². The normalized spacial score (nSPS) is 14.4. The van der Waals surface area contributed by atoms with E-state index in [9.17, 15) is 9.59 Å². The lowest BCUT2D eigenvalue weighted by Gasteiger charge is -2.20. The van der Waals surface area contributed by atoms with Gasteiger partial charge in [0.1, 0.15) is 0 Å². The minimum Gasteiger partial charge on any atom is -0.493 e. The Morgan fingerprint density at radius 1 is 1.19 bits per heavy atom. The van der Waals surface area contributed by atoms with E-state index < -0.39 is 0 Å². The van der Waals surface area contributed by atoms with Crippen molar-refractivity contribution in [2.45, 2.75) is 38.6 Å². The molecule has 1 aromatic rings. The Morgan fingerprint density at radius 3 is 2.31 bits per heavy atom. The van der Waals surface area contributed by atoms with Crippen molar-refractivity contribution in [1.29, 1.82) is 0 Å². The molecule has 146 valence electrons. The fourth-order valence-electron chi connectivity index (χ4n) is 2.82. The first kappa shape index (κ1) is 22.1. The van der Waals surface area contributed by atoms with Gasteiger partial charge in [-0.05, 0) is 32.3 Å². The summed E-state index contributed by atoms with van der Waals surface area (Å²) in [6.07, 6.45) is 2.86. The molecule has 1 unspecified atom stereocenters. The average molecular weight is 386 g/mol. The van der Waals surface area contributed by atoms with Crippen molar-refractivity contribution in [3.8, 4) is 11.5 Å². The van der Waals surface area contributed by atoms with Gasteiger partial charge in [0.2, 0.25) is 5.91 Å². The Balaban J connectivity index is 0.00000338. The van der Waals surface area contributed by atoms with E-state index in [2.05, 4.69) is 5.32 Å². The second-order valence-electron chi connectivity index (χ2n) is 6.32. The lowest BCUT2D eigenvalue weighted by molar-refractivity contribution is -0.116. The summed E-state index contributed by atoms with van der Waals surface area (Å²) in [5.74, 6) is 0.627. The first-order chi connectivity index (χ1) is 12.0. The van der Waals surface area contributed by atoms with Crippen molar-refractivity contribution >= 4 is 29.9 Å². The minimum absolute atomic E-state index is 0. The minimum atomic E-state index is -0.181. The van der Waals surface area contributed by atoms with Crippen LogP contribution in [0.3, 0.4) is 0 Å². The van der Waals surface area contributed by atoms with Crippen LogP contribution in [-0.4, -0.2) is 50.1 Å². The van der Waals surface area contributed by atoms with Gasteiger partial charge >= 0.3 is 0 Å². The van der Waals surface area contributed by atoms with Crippen LogP contribution < -0.4 is 20.5 Å². The maximum Gasteiger partial charge on any atom is 0.256 e. The fraction of sp³-hybridized carbons (Fsp3) is 0.556. The van der Waals surface area contributed by atoms with E-state index in [1.807, 2.05) is 6.92 Å². The highest BCUT2D eigenvalue weighted by Crippen LogP contribution is 2.34. The summed E-state index contributed by atoms with van der Waals surface area (Å²) in [6, 6.07) is 3.20. The van der Waals surface area contributed by atoms with Gasteiger partial charge in [0.25, 0.3) is 5.91 Å². The van der Waals surface area contributed by atoms with E-state index in [0.717, 1.165) is 25.9 Å². The topological polar surface area (TPSA) is 93.9 Å². The van der Waals surface area contributed by atoms with Crippen molar-refractivity contribution < 1.29 is 19.1 Å². The number of rotatable bonds is 7. The van der Waals surface area contributed by atoms with Crippen LogP contribution in [0.1, 0.15) is 43.0 Å². The molecule has 1 aliphatic heterocycles. The van der Waals surface area contributed by atoms with Gasteiger partial charge in [0.15, 0.2) is 11.5 Å². The second kappa shape index (κ2) is 10.2. The molecule has 1 aromatic carbocycles. The number of benzene rings is 1. The van der Waals surface area contributed by atoms with E-state index >= 15 is 0 Å². The first-order valence-corrected chi connectivity index (χ1v) is 8.57. The molecule has 1 atom stereocenters. The van der Waals surface area contributed by atoms with Gasteiger partial charge in [0, 0.05) is 31.6 Å². The summed E-state index contributed by atoms with van der Waals surface area (Å²) >= 11 is 0. The smallest absolute Gasteiger partial charge is 0.256 e. The summed E-state index contributed by atoms with van der Waals surface area (Å²) in [5, 5.41) is 2.82. The Kier molecular flexibility index (Phi) is 8.68. The zero-order chi connectivity index (χ0) is 18.4. The number of nitrogens with two attached hydrogens (primary N) is 1. The first-order valence-electron chi connectivity index (χ1n) is 8.57. The van der Waals surface area contributed by atoms with Gasteiger partial charge in [-0.3, -0.25) is 9.59 Å². The molecule has 1 saturated heterocycles. The largest absolute Gasteiger partial charge is 0.493 e. The molecule has 0 saturated carbocycles. The molecule has 1 heterocycles. The standard InChI is InChI=1S/C18H27N3O4.ClH/c1-12(19)6-7-17(22)20-14-11-16(25-3)15(24-2)10-13(14)18(23)21-8-4-5-9-21;/h10-12H,4-9,19H2,1-3H3,(H,20,22);1H. The van der Waals surface area contributed by atoms with Crippen molar-refractivity contribution in [2.75, 3.05) is 32.6 Å². The third kappa shape index (κ3) is 5.51. The predicted molar refractivity (Wildman–Crippen MR) is 103 cm³/mol. The van der Waals surface area contributed by atoms with Gasteiger partial charge in [0.05, 0.1) is 25.5 Å². The van der Waals surface area contributed by atoms with E-state index in [0.29, 0.717) is 35.6 Å². The lowest BCUT2D eigenvalue weighted by atomic mass is 10.1. The number of carbonyl (C=O) groups is 2. The quantitative estimate of drug-likeness (QED) is 0.751. The third-order valence-electron chi connectivity index (χ3n) is 4.25. The molecule has 0 bridgehead atoms. The highest BCUT2D eigenvalue weighted by Gasteiger charge is 2.24. The summed E-state index contributed by atoms with van der Waals surface area (Å²) < 4.78 is 10.6. The Hall–Kier alpha value is -1.99. The summed E-state index contributed by atoms with van der Waals surface area (Å²) in [6.45, 7) is 3.31. The van der Waals surface area contributed by atoms with Crippen LogP contribution in [-0.2, 0) is 4.79 Å². The monoisotopic (exact) mass is 385 g/mol. The summed E-state index contributed by atoms with van der Waals surface area (Å²) in [5.41, 5.74) is 6.55. The van der Waals surface area contributed by atoms with Gasteiger partial charge in [-0.2, -0.15) is 0 Å². The molecule has 8 heteroatoms. The summed E-state index contributed by atoms with van der Waals surface area (Å²) in [7, 11) is 3.03. The van der Waals surface area contributed by atoms with Crippen LogP contribution in [0.2, 0.25) is 0 Å². The molecule has 7 nitrogen and oxygen atoms in total. The van der Waals surface area contributed by atoms with Crippen LogP contribution in [0, 0.1) is 0 Å². The van der Waals surface area contributed by atoms with Crippen LogP contribution in [0.15, 0.2) is 12.1 Å². The number of halogens is 1. The number of hydrogen-bond acceptors (Lipinski definition) is 5. The predicted octanol–water partition coefficient (Wildman–Crippen LogP) is 2.43. The molecule has 0 radical (unpaired) electrons. The Bertz CT molecular complexity index is 631. The second-order valence-corrected chi connectivity index (χ2v) is 6.32. The van der Waals surface area contributed by atoms with Gasteiger partial charge in [-0.1, -0.05) is 0 Å². The van der Waals surface area contributed by atoms with Crippen LogP contribution in [0.5, 0.6) is 11.5 Å². The average Bonchev–Trinajstić information content (AvgIpc) is 3.13. The van der Waals surface area contributed by atoms with Crippen molar-refractivity contribution in [2.24, 2.45) is 5.73 Å². The van der Waals surface area contributed by atoms with E-state index in [-0.39, 0.29) is 30.3 Å². The van der Waals surface area contributed by atoms with Gasteiger partial charge in [-0.25, -0.2) is 0 Å². The number of nitrogens with one attached hydrogen (secondary N) is 1. The number of likely N-dealkylation sites (tertiary alicyclic amines) is 1. The zero-order valence-electron chi connectivity index (χ0n) is 15.5. The molecule has 0 spiro atoms. The van der Waals surface area contributed by atoms with Crippen LogP contribution in [0.4, 0.5) is 5.69 Å². The van der Waals surface area contributed by atoms with E-state index in [1.165, 1.54) is 14.2 Å². The fourth-order valence-corrected chi connectivity index (χ4v) is 2.82. The van der Waals surface area contributed by atoms with Crippen molar-refractivity contribution in [3.63, 3.8) is 0 Å². The molecule has 1 fully saturated rings. The molecule has 1 aliphatic rings. The molecular formula is C18H28ClN3O4. The number of carbonyl (C=O) groups excluding carboxylic acids is 2. The SMILES string of the molecule is COc1cc(NC(=O)CCC(C)N)c(C(=O)N2CCCC2)cc1OC.Cl. The molecule has 3 N–H and O–H groups in total. The lowest BCUT2D eigenvalue weighted by Crippen LogP contribution is -2.29. The van der Waals surface area contributed by atoms with Gasteiger partial charge < -0.3 is 25.4 Å². The zero-order valence-corrected chi connectivity index (χ0v) is 16.4. The molecule has 2 amide bonds. The summed E-state index contributed by atoms with van der Waals surface area (Å²) in [4.78, 5) is 26.8. The molecule has 0 aromatic heterocycles. The van der Waals surface area contributed by atoms with Crippen LogP contribution in [0.25, 0.3) is 0 Å². The van der Waals surface area contributed by atoms with Gasteiger partial charge in [-0.15, -0.1) is 12.4 Å². The van der Waals surface area contributed by atoms with E-state index in [1.54, 1.807) is 17.0 Å². The number of nitrogens with zero attached hydrogens (tertiary/aromatic N) is 1.